The van der Waals surface area contributed by atoms with Gasteiger partial charge in [0.2, 0.25) is 5.91 Å². The van der Waals surface area contributed by atoms with E-state index in [9.17, 15) is 17.8 Å². The van der Waals surface area contributed by atoms with Crippen LogP contribution in [0.15, 0.2) is 28.2 Å². The van der Waals surface area contributed by atoms with Gasteiger partial charge < -0.3 is 10.6 Å². The van der Waals surface area contributed by atoms with E-state index in [1.807, 2.05) is 0 Å². The predicted octanol–water partition coefficient (Wildman–Crippen LogP) is 1.18. The molecule has 1 heterocycles. The summed E-state index contributed by atoms with van der Waals surface area (Å²) in [7, 11) is -4.48. The summed E-state index contributed by atoms with van der Waals surface area (Å²) in [5, 5.41) is 3.41. The fraction of sp³-hybridized carbons (Fsp3) is 0.364. The van der Waals surface area contributed by atoms with Gasteiger partial charge in [-0.05, 0) is 29.6 Å². The first kappa shape index (κ1) is 15.1. The van der Waals surface area contributed by atoms with Crippen molar-refractivity contribution in [2.45, 2.75) is 11.3 Å². The van der Waals surface area contributed by atoms with Crippen LogP contribution in [0.3, 0.4) is 0 Å². The molecule has 0 aromatic heterocycles. The molecule has 0 aliphatic carbocycles. The number of hydrogen-bond donors (Lipinski definition) is 2. The van der Waals surface area contributed by atoms with E-state index < -0.39 is 10.1 Å². The Morgan fingerprint density at radius 2 is 2.24 bits per heavy atom. The first-order valence-electron chi connectivity index (χ1n) is 6.01. The number of carbonyl (C=O) groups excluding carboxylic acids is 1. The number of anilines is 2. The average Bonchev–Trinajstić information content (AvgIpc) is 2.76. The van der Waals surface area contributed by atoms with E-state index in [-0.39, 0.29) is 47.6 Å². The molecule has 3 N–H and O–H groups in total. The number of hydrogen-bond acceptors (Lipinski definition) is 5. The Balaban J connectivity index is 2.40. The van der Waals surface area contributed by atoms with Crippen molar-refractivity contribution in [3.05, 3.63) is 28.6 Å². The minimum absolute atomic E-state index is 0.0333. The molecule has 1 aromatic rings. The molecule has 21 heavy (non-hydrogen) atoms. The molecule has 0 saturated carbocycles. The van der Waals surface area contributed by atoms with Crippen molar-refractivity contribution < 1.29 is 17.8 Å². The third kappa shape index (κ3) is 3.24. The van der Waals surface area contributed by atoms with Gasteiger partial charge in [0.25, 0.3) is 10.1 Å². The summed E-state index contributed by atoms with van der Waals surface area (Å²) in [4.78, 5) is 15.5. The van der Waals surface area contributed by atoms with Crippen LogP contribution in [-0.4, -0.2) is 32.0 Å². The second kappa shape index (κ2) is 5.60. The van der Waals surface area contributed by atoms with E-state index >= 15 is 0 Å². The van der Waals surface area contributed by atoms with E-state index in [1.54, 1.807) is 0 Å². The number of nitrogen functional groups attached to an aromatic ring is 1. The second-order valence-electron chi connectivity index (χ2n) is 4.69. The first-order chi connectivity index (χ1) is 9.82. The van der Waals surface area contributed by atoms with Crippen molar-refractivity contribution in [3.63, 3.8) is 0 Å². The van der Waals surface area contributed by atoms with Crippen LogP contribution < -0.4 is 10.6 Å². The highest BCUT2D eigenvalue weighted by Crippen LogP contribution is 2.32. The van der Waals surface area contributed by atoms with Gasteiger partial charge in [0.1, 0.15) is 4.90 Å². The Kier molecular flexibility index (Phi) is 4.03. The van der Waals surface area contributed by atoms with E-state index in [0.29, 0.717) is 0 Å². The van der Waals surface area contributed by atoms with Gasteiger partial charge in [-0.3, -0.25) is 9.35 Å². The Morgan fingerprint density at radius 1 is 1.52 bits per heavy atom. The maximum absolute atomic E-state index is 12.0. The van der Waals surface area contributed by atoms with Gasteiger partial charge >= 0.3 is 0 Å². The van der Waals surface area contributed by atoms with E-state index in [4.69, 9.17) is 11.3 Å². The Bertz CT molecular complexity index is 726. The van der Waals surface area contributed by atoms with Gasteiger partial charge in [0.05, 0.1) is 5.69 Å². The van der Waals surface area contributed by atoms with Crippen LogP contribution in [0.25, 0.3) is 10.4 Å². The van der Waals surface area contributed by atoms with E-state index in [2.05, 4.69) is 10.0 Å². The lowest BCUT2D eigenvalue weighted by molar-refractivity contribution is -0.117. The lowest BCUT2D eigenvalue weighted by atomic mass is 10.1. The Hall–Kier alpha value is -2.29. The van der Waals surface area contributed by atoms with Gasteiger partial charge in [0, 0.05) is 30.1 Å². The van der Waals surface area contributed by atoms with Gasteiger partial charge in [-0.2, -0.15) is 8.42 Å². The standard InChI is InChI=1S/C11H13N5O4S/c12-8-1-2-10(21(18,19)20)9(4-8)16-6-7(3-11(16)17)5-14-15-13/h1-2,4,7H,3,5-6,12H2,(H,18,19,20). The molecular formula is C11H13N5O4S. The molecule has 10 heteroatoms. The summed E-state index contributed by atoms with van der Waals surface area (Å²) in [6.07, 6.45) is 0.138. The molecule has 0 bridgehead atoms. The van der Waals surface area contributed by atoms with Crippen LogP contribution >= 0.6 is 0 Å². The first-order valence-corrected chi connectivity index (χ1v) is 7.45. The third-order valence-corrected chi connectivity index (χ3v) is 4.06. The highest BCUT2D eigenvalue weighted by Gasteiger charge is 2.33. The van der Waals surface area contributed by atoms with Crippen LogP contribution in [-0.2, 0) is 14.9 Å². The van der Waals surface area contributed by atoms with Crippen LogP contribution in [0.1, 0.15) is 6.42 Å². The van der Waals surface area contributed by atoms with Gasteiger partial charge in [-0.1, -0.05) is 5.11 Å². The fourth-order valence-corrected chi connectivity index (χ4v) is 2.93. The Morgan fingerprint density at radius 3 is 2.86 bits per heavy atom. The molecule has 1 amide bonds. The van der Waals surface area contributed by atoms with Crippen molar-refractivity contribution >= 4 is 27.4 Å². The third-order valence-electron chi connectivity index (χ3n) is 3.16. The molecule has 1 aliphatic heterocycles. The quantitative estimate of drug-likeness (QED) is 0.281. The van der Waals surface area contributed by atoms with Gasteiger partial charge in [0.15, 0.2) is 0 Å². The van der Waals surface area contributed by atoms with Crippen LogP contribution in [0, 0.1) is 5.92 Å². The molecule has 0 radical (unpaired) electrons. The normalized spacial score (nSPS) is 18.6. The lowest BCUT2D eigenvalue weighted by Crippen LogP contribution is -2.26. The smallest absolute Gasteiger partial charge is 0.296 e. The number of benzene rings is 1. The number of azide groups is 1. The molecule has 1 aromatic carbocycles. The molecule has 1 unspecified atom stereocenters. The number of rotatable bonds is 4. The zero-order chi connectivity index (χ0) is 15.6. The van der Waals surface area contributed by atoms with Crippen molar-refractivity contribution in [2.24, 2.45) is 11.0 Å². The molecule has 1 saturated heterocycles. The highest BCUT2D eigenvalue weighted by atomic mass is 32.2. The van der Waals surface area contributed by atoms with Crippen molar-refractivity contribution in [2.75, 3.05) is 23.7 Å². The zero-order valence-corrected chi connectivity index (χ0v) is 11.7. The minimum atomic E-state index is -4.48. The summed E-state index contributed by atoms with van der Waals surface area (Å²) >= 11 is 0. The van der Waals surface area contributed by atoms with Crippen molar-refractivity contribution in [1.82, 2.24) is 0 Å². The highest BCUT2D eigenvalue weighted by molar-refractivity contribution is 7.86. The fourth-order valence-electron chi connectivity index (χ4n) is 2.25. The minimum Gasteiger partial charge on any atom is -0.399 e. The molecule has 0 spiro atoms. The molecule has 1 atom stereocenters. The van der Waals surface area contributed by atoms with E-state index in [1.165, 1.54) is 17.0 Å². The second-order valence-corrected chi connectivity index (χ2v) is 6.08. The van der Waals surface area contributed by atoms with E-state index in [0.717, 1.165) is 6.07 Å². The average molecular weight is 311 g/mol. The number of nitrogens with two attached hydrogens (primary N) is 1. The largest absolute Gasteiger partial charge is 0.399 e. The number of amides is 1. The molecule has 2 rings (SSSR count). The summed E-state index contributed by atoms with van der Waals surface area (Å²) < 4.78 is 32.0. The van der Waals surface area contributed by atoms with Crippen molar-refractivity contribution in [1.29, 1.82) is 0 Å². The number of carbonyl (C=O) groups is 1. The van der Waals surface area contributed by atoms with Gasteiger partial charge in [-0.25, -0.2) is 0 Å². The van der Waals surface area contributed by atoms with Crippen LogP contribution in [0.4, 0.5) is 11.4 Å². The molecule has 112 valence electrons. The molecule has 1 fully saturated rings. The van der Waals surface area contributed by atoms with Crippen molar-refractivity contribution in [3.8, 4) is 0 Å². The zero-order valence-electron chi connectivity index (χ0n) is 10.9. The predicted molar refractivity (Wildman–Crippen MR) is 75.1 cm³/mol. The maximum Gasteiger partial charge on any atom is 0.296 e. The summed E-state index contributed by atoms with van der Waals surface area (Å²) in [5.41, 5.74) is 14.2. The summed E-state index contributed by atoms with van der Waals surface area (Å²) in [5.74, 6) is -0.521. The molecule has 1 aliphatic rings. The molecule has 9 nitrogen and oxygen atoms in total. The van der Waals surface area contributed by atoms with Crippen LogP contribution in [0.5, 0.6) is 0 Å². The topological polar surface area (TPSA) is 149 Å². The van der Waals surface area contributed by atoms with Gasteiger partial charge in [-0.15, -0.1) is 0 Å². The lowest BCUT2D eigenvalue weighted by Gasteiger charge is -2.19. The molecular weight excluding hydrogens is 298 g/mol. The SMILES string of the molecule is [N-]=[N+]=NCC1CC(=O)N(c2cc(N)ccc2S(=O)(=O)O)C1. The monoisotopic (exact) mass is 311 g/mol. The maximum atomic E-state index is 12.0. The summed E-state index contributed by atoms with van der Waals surface area (Å²) in [6, 6.07) is 3.79. The van der Waals surface area contributed by atoms with Crippen LogP contribution in [0.2, 0.25) is 0 Å². The summed E-state index contributed by atoms with van der Waals surface area (Å²) in [6.45, 7) is 0.339. The number of nitrogens with zero attached hydrogens (tertiary/aromatic N) is 4. The Labute approximate surface area is 120 Å².